The SMILES string of the molecule is OC1(c2nc3ccncc3s2)CCCCC1. The van der Waals surface area contributed by atoms with Gasteiger partial charge in [-0.25, -0.2) is 4.98 Å². The Morgan fingerprint density at radius 1 is 1.25 bits per heavy atom. The van der Waals surface area contributed by atoms with Crippen molar-refractivity contribution in [2.24, 2.45) is 0 Å². The summed E-state index contributed by atoms with van der Waals surface area (Å²) in [7, 11) is 0. The number of aliphatic hydroxyl groups is 1. The highest BCUT2D eigenvalue weighted by molar-refractivity contribution is 7.18. The first-order valence-electron chi connectivity index (χ1n) is 5.71. The quantitative estimate of drug-likeness (QED) is 0.825. The van der Waals surface area contributed by atoms with E-state index in [4.69, 9.17) is 0 Å². The molecule has 2 aromatic heterocycles. The third kappa shape index (κ3) is 1.62. The number of rotatable bonds is 1. The summed E-state index contributed by atoms with van der Waals surface area (Å²) in [6.45, 7) is 0. The minimum Gasteiger partial charge on any atom is -0.383 e. The van der Waals surface area contributed by atoms with E-state index in [0.29, 0.717) is 0 Å². The molecule has 0 atom stereocenters. The first kappa shape index (κ1) is 10.2. The van der Waals surface area contributed by atoms with Crippen LogP contribution in [-0.4, -0.2) is 15.1 Å². The van der Waals surface area contributed by atoms with Crippen molar-refractivity contribution in [1.29, 1.82) is 0 Å². The van der Waals surface area contributed by atoms with Crippen molar-refractivity contribution in [3.8, 4) is 0 Å². The van der Waals surface area contributed by atoms with Gasteiger partial charge in [-0.15, -0.1) is 11.3 Å². The van der Waals surface area contributed by atoms with Gasteiger partial charge in [-0.2, -0.15) is 0 Å². The molecule has 1 aliphatic rings. The van der Waals surface area contributed by atoms with E-state index in [1.807, 2.05) is 12.3 Å². The van der Waals surface area contributed by atoms with Crippen molar-refractivity contribution >= 4 is 21.6 Å². The first-order chi connectivity index (χ1) is 7.78. The molecule has 0 spiro atoms. The summed E-state index contributed by atoms with van der Waals surface area (Å²) in [5, 5.41) is 11.4. The molecular weight excluding hydrogens is 220 g/mol. The molecule has 16 heavy (non-hydrogen) atoms. The highest BCUT2D eigenvalue weighted by atomic mass is 32.1. The topological polar surface area (TPSA) is 46.0 Å². The normalized spacial score (nSPS) is 20.1. The van der Waals surface area contributed by atoms with Crippen molar-refractivity contribution in [3.63, 3.8) is 0 Å². The van der Waals surface area contributed by atoms with Crippen LogP contribution in [0.5, 0.6) is 0 Å². The van der Waals surface area contributed by atoms with Crippen LogP contribution in [0.1, 0.15) is 37.1 Å². The van der Waals surface area contributed by atoms with Crippen LogP contribution in [0.3, 0.4) is 0 Å². The van der Waals surface area contributed by atoms with Crippen molar-refractivity contribution in [2.75, 3.05) is 0 Å². The lowest BCUT2D eigenvalue weighted by Crippen LogP contribution is -2.28. The van der Waals surface area contributed by atoms with Gasteiger partial charge in [0.15, 0.2) is 0 Å². The summed E-state index contributed by atoms with van der Waals surface area (Å²) in [4.78, 5) is 8.62. The Hall–Kier alpha value is -1.000. The molecule has 0 aromatic carbocycles. The summed E-state index contributed by atoms with van der Waals surface area (Å²) in [5.74, 6) is 0. The van der Waals surface area contributed by atoms with Crippen molar-refractivity contribution in [1.82, 2.24) is 9.97 Å². The molecule has 1 fully saturated rings. The second-order valence-corrected chi connectivity index (χ2v) is 5.49. The van der Waals surface area contributed by atoms with Crippen LogP contribution in [0, 0.1) is 0 Å². The fourth-order valence-corrected chi connectivity index (χ4v) is 3.41. The van der Waals surface area contributed by atoms with E-state index in [-0.39, 0.29) is 0 Å². The van der Waals surface area contributed by atoms with Gasteiger partial charge in [0.1, 0.15) is 10.6 Å². The maximum Gasteiger partial charge on any atom is 0.126 e. The molecule has 0 unspecified atom stereocenters. The fourth-order valence-electron chi connectivity index (χ4n) is 2.33. The molecule has 3 rings (SSSR count). The third-order valence-corrected chi connectivity index (χ3v) is 4.47. The number of pyridine rings is 1. The summed E-state index contributed by atoms with van der Waals surface area (Å²) < 4.78 is 1.07. The number of nitrogens with zero attached hydrogens (tertiary/aromatic N) is 2. The number of hydrogen-bond donors (Lipinski definition) is 1. The smallest absolute Gasteiger partial charge is 0.126 e. The molecular formula is C12H14N2OS. The van der Waals surface area contributed by atoms with E-state index in [2.05, 4.69) is 9.97 Å². The van der Waals surface area contributed by atoms with E-state index < -0.39 is 5.60 Å². The molecule has 84 valence electrons. The van der Waals surface area contributed by atoms with E-state index in [0.717, 1.165) is 40.9 Å². The number of thiazole rings is 1. The van der Waals surface area contributed by atoms with Crippen LogP contribution in [0.4, 0.5) is 0 Å². The molecule has 2 heterocycles. The van der Waals surface area contributed by atoms with Crippen molar-refractivity contribution in [2.45, 2.75) is 37.7 Å². The van der Waals surface area contributed by atoms with Crippen LogP contribution < -0.4 is 0 Å². The number of fused-ring (bicyclic) bond motifs is 1. The summed E-state index contributed by atoms with van der Waals surface area (Å²) in [6, 6.07) is 1.90. The molecule has 0 saturated heterocycles. The molecule has 1 N–H and O–H groups in total. The highest BCUT2D eigenvalue weighted by Gasteiger charge is 2.34. The molecule has 0 amide bonds. The fraction of sp³-hybridized carbons (Fsp3) is 0.500. The van der Waals surface area contributed by atoms with E-state index in [9.17, 15) is 5.11 Å². The Kier molecular flexibility index (Phi) is 2.41. The van der Waals surface area contributed by atoms with E-state index >= 15 is 0 Å². The molecule has 1 aliphatic carbocycles. The van der Waals surface area contributed by atoms with Crippen LogP contribution in [0.15, 0.2) is 18.5 Å². The summed E-state index contributed by atoms with van der Waals surface area (Å²) in [5.41, 5.74) is 0.274. The Balaban J connectivity index is 2.04. The van der Waals surface area contributed by atoms with Crippen LogP contribution in [0.25, 0.3) is 10.2 Å². The average Bonchev–Trinajstić information content (AvgIpc) is 2.74. The van der Waals surface area contributed by atoms with Gasteiger partial charge in [-0.3, -0.25) is 4.98 Å². The van der Waals surface area contributed by atoms with Gasteiger partial charge in [0.25, 0.3) is 0 Å². The largest absolute Gasteiger partial charge is 0.383 e. The Morgan fingerprint density at radius 2 is 2.06 bits per heavy atom. The maximum absolute atomic E-state index is 10.6. The van der Waals surface area contributed by atoms with E-state index in [1.165, 1.54) is 6.42 Å². The second kappa shape index (κ2) is 3.79. The van der Waals surface area contributed by atoms with Crippen LogP contribution >= 0.6 is 11.3 Å². The average molecular weight is 234 g/mol. The second-order valence-electron chi connectivity index (χ2n) is 4.45. The summed E-state index contributed by atoms with van der Waals surface area (Å²) >= 11 is 1.58. The van der Waals surface area contributed by atoms with Gasteiger partial charge >= 0.3 is 0 Å². The zero-order chi connectivity index (χ0) is 11.0. The summed E-state index contributed by atoms with van der Waals surface area (Å²) in [6.07, 6.45) is 8.70. The van der Waals surface area contributed by atoms with Gasteiger partial charge in [0.05, 0.1) is 10.2 Å². The van der Waals surface area contributed by atoms with Crippen LogP contribution in [-0.2, 0) is 5.60 Å². The minimum atomic E-state index is -0.679. The molecule has 4 heteroatoms. The number of hydrogen-bond acceptors (Lipinski definition) is 4. The Bertz CT molecular complexity index is 469. The zero-order valence-electron chi connectivity index (χ0n) is 9.02. The predicted molar refractivity (Wildman–Crippen MR) is 64.4 cm³/mol. The molecule has 0 radical (unpaired) electrons. The lowest BCUT2D eigenvalue weighted by atomic mass is 9.85. The predicted octanol–water partition coefficient (Wildman–Crippen LogP) is 2.84. The Morgan fingerprint density at radius 3 is 2.81 bits per heavy atom. The lowest BCUT2D eigenvalue weighted by Gasteiger charge is -2.29. The van der Waals surface area contributed by atoms with Crippen molar-refractivity contribution in [3.05, 3.63) is 23.5 Å². The van der Waals surface area contributed by atoms with Gasteiger partial charge in [0, 0.05) is 12.4 Å². The highest BCUT2D eigenvalue weighted by Crippen LogP contribution is 2.39. The minimum absolute atomic E-state index is 0.679. The molecule has 0 aliphatic heterocycles. The first-order valence-corrected chi connectivity index (χ1v) is 6.53. The number of aromatic nitrogens is 2. The van der Waals surface area contributed by atoms with Gasteiger partial charge < -0.3 is 5.11 Å². The van der Waals surface area contributed by atoms with Gasteiger partial charge in [-0.1, -0.05) is 19.3 Å². The monoisotopic (exact) mass is 234 g/mol. The standard InChI is InChI=1S/C12H14N2OS/c15-12(5-2-1-3-6-12)11-14-9-4-7-13-8-10(9)16-11/h4,7-8,15H,1-3,5-6H2. The van der Waals surface area contributed by atoms with E-state index in [1.54, 1.807) is 17.5 Å². The Labute approximate surface area is 98.2 Å². The van der Waals surface area contributed by atoms with Crippen LogP contribution in [0.2, 0.25) is 0 Å². The zero-order valence-corrected chi connectivity index (χ0v) is 9.83. The lowest BCUT2D eigenvalue weighted by molar-refractivity contribution is -0.000627. The third-order valence-electron chi connectivity index (χ3n) is 3.27. The van der Waals surface area contributed by atoms with Crippen molar-refractivity contribution < 1.29 is 5.11 Å². The molecule has 1 saturated carbocycles. The molecule has 2 aromatic rings. The maximum atomic E-state index is 10.6. The van der Waals surface area contributed by atoms with Gasteiger partial charge in [0.2, 0.25) is 0 Å². The molecule has 3 nitrogen and oxygen atoms in total. The van der Waals surface area contributed by atoms with Gasteiger partial charge in [-0.05, 0) is 18.9 Å². The molecule has 0 bridgehead atoms.